The molecule has 0 fully saturated rings. The minimum atomic E-state index is -0.435. The maximum Gasteiger partial charge on any atom is 0.269 e. The maximum atomic E-state index is 10.4. The van der Waals surface area contributed by atoms with Crippen LogP contribution in [0.3, 0.4) is 0 Å². The molecule has 0 aliphatic carbocycles. The van der Waals surface area contributed by atoms with Gasteiger partial charge in [-0.2, -0.15) is 0 Å². The zero-order valence-corrected chi connectivity index (χ0v) is 9.22. The van der Waals surface area contributed by atoms with Gasteiger partial charge in [0.25, 0.3) is 5.69 Å². The molecule has 1 rings (SSSR count). The van der Waals surface area contributed by atoms with Gasteiger partial charge in [0.05, 0.1) is 11.0 Å². The highest BCUT2D eigenvalue weighted by Crippen LogP contribution is 2.15. The van der Waals surface area contributed by atoms with E-state index in [1.54, 1.807) is 12.1 Å². The third kappa shape index (κ3) is 3.86. The molecule has 2 N–H and O–H groups in total. The van der Waals surface area contributed by atoms with E-state index < -0.39 is 4.92 Å². The molecule has 0 heterocycles. The van der Waals surface area contributed by atoms with Crippen LogP contribution in [0.5, 0.6) is 0 Å². The molecule has 5 heteroatoms. The van der Waals surface area contributed by atoms with E-state index in [0.717, 1.165) is 18.5 Å². The van der Waals surface area contributed by atoms with Crippen molar-refractivity contribution < 1.29 is 10.0 Å². The van der Waals surface area contributed by atoms with E-state index >= 15 is 0 Å². The topological polar surface area (TPSA) is 75.4 Å². The van der Waals surface area contributed by atoms with Crippen LogP contribution in [-0.2, 0) is 0 Å². The van der Waals surface area contributed by atoms with Crippen LogP contribution >= 0.6 is 0 Å². The lowest BCUT2D eigenvalue weighted by Gasteiger charge is -2.11. The van der Waals surface area contributed by atoms with Gasteiger partial charge in [0.15, 0.2) is 0 Å². The van der Waals surface area contributed by atoms with Gasteiger partial charge in [-0.05, 0) is 18.6 Å². The number of aliphatic hydroxyl groups is 1. The van der Waals surface area contributed by atoms with Crippen molar-refractivity contribution in [3.63, 3.8) is 0 Å². The molecule has 0 aromatic heterocycles. The summed E-state index contributed by atoms with van der Waals surface area (Å²) in [5.41, 5.74) is 0.848. The number of benzene rings is 1. The first-order valence-corrected chi connectivity index (χ1v) is 5.30. The molecular weight excluding hydrogens is 208 g/mol. The summed E-state index contributed by atoms with van der Waals surface area (Å²) >= 11 is 0. The fraction of sp³-hybridized carbons (Fsp3) is 0.455. The van der Waals surface area contributed by atoms with Gasteiger partial charge < -0.3 is 10.4 Å². The lowest BCUT2D eigenvalue weighted by atomic mass is 10.2. The third-order valence-electron chi connectivity index (χ3n) is 2.24. The van der Waals surface area contributed by atoms with Crippen molar-refractivity contribution in [2.45, 2.75) is 25.9 Å². The number of rotatable bonds is 6. The average molecular weight is 224 g/mol. The zero-order valence-electron chi connectivity index (χ0n) is 9.22. The normalized spacial score (nSPS) is 12.1. The Morgan fingerprint density at radius 2 is 2.06 bits per heavy atom. The van der Waals surface area contributed by atoms with Gasteiger partial charge in [0.2, 0.25) is 0 Å². The number of hydrogen-bond acceptors (Lipinski definition) is 4. The van der Waals surface area contributed by atoms with Crippen molar-refractivity contribution in [2.75, 3.05) is 11.9 Å². The Kier molecular flexibility index (Phi) is 4.72. The summed E-state index contributed by atoms with van der Waals surface area (Å²) in [5, 5.41) is 22.9. The van der Waals surface area contributed by atoms with Crippen LogP contribution in [0, 0.1) is 10.1 Å². The summed E-state index contributed by atoms with van der Waals surface area (Å²) in [6, 6.07) is 6.15. The highest BCUT2D eigenvalue weighted by molar-refractivity contribution is 5.48. The van der Waals surface area contributed by atoms with Crippen LogP contribution in [0.4, 0.5) is 11.4 Å². The zero-order chi connectivity index (χ0) is 12.0. The van der Waals surface area contributed by atoms with E-state index in [2.05, 4.69) is 5.32 Å². The van der Waals surface area contributed by atoms with Gasteiger partial charge in [-0.1, -0.05) is 13.3 Å². The number of nitrogens with one attached hydrogen (secondary N) is 1. The van der Waals surface area contributed by atoms with Crippen LogP contribution in [0.1, 0.15) is 19.8 Å². The number of nitro benzene ring substituents is 1. The van der Waals surface area contributed by atoms with Crippen molar-refractivity contribution in [3.05, 3.63) is 34.4 Å². The van der Waals surface area contributed by atoms with Gasteiger partial charge in [0.1, 0.15) is 0 Å². The predicted octanol–water partition coefficient (Wildman–Crippen LogP) is 2.17. The summed E-state index contributed by atoms with van der Waals surface area (Å²) < 4.78 is 0. The SMILES string of the molecule is CCC[C@H](O)CNc1ccc([N+](=O)[O-])cc1. The second-order valence-electron chi connectivity index (χ2n) is 3.63. The van der Waals surface area contributed by atoms with Crippen LogP contribution < -0.4 is 5.32 Å². The molecule has 1 aromatic rings. The van der Waals surface area contributed by atoms with Crippen molar-refractivity contribution in [2.24, 2.45) is 0 Å². The number of non-ortho nitro benzene ring substituents is 1. The second-order valence-corrected chi connectivity index (χ2v) is 3.63. The molecule has 0 radical (unpaired) electrons. The Labute approximate surface area is 94.3 Å². The van der Waals surface area contributed by atoms with E-state index in [4.69, 9.17) is 0 Å². The number of aliphatic hydroxyl groups excluding tert-OH is 1. The number of nitrogens with zero attached hydrogens (tertiary/aromatic N) is 1. The Hall–Kier alpha value is -1.62. The molecular formula is C11H16N2O3. The lowest BCUT2D eigenvalue weighted by molar-refractivity contribution is -0.384. The summed E-state index contributed by atoms with van der Waals surface area (Å²) in [4.78, 5) is 9.97. The molecule has 0 bridgehead atoms. The summed E-state index contributed by atoms with van der Waals surface area (Å²) in [6.45, 7) is 2.47. The highest BCUT2D eigenvalue weighted by atomic mass is 16.6. The van der Waals surface area contributed by atoms with E-state index in [0.29, 0.717) is 6.54 Å². The summed E-state index contributed by atoms with van der Waals surface area (Å²) in [5.74, 6) is 0. The van der Waals surface area contributed by atoms with E-state index in [1.165, 1.54) is 12.1 Å². The molecule has 1 atom stereocenters. The molecule has 16 heavy (non-hydrogen) atoms. The van der Waals surface area contributed by atoms with Crippen molar-refractivity contribution in [1.82, 2.24) is 0 Å². The van der Waals surface area contributed by atoms with Gasteiger partial charge >= 0.3 is 0 Å². The quantitative estimate of drug-likeness (QED) is 0.573. The highest BCUT2D eigenvalue weighted by Gasteiger charge is 2.05. The molecule has 0 amide bonds. The molecule has 1 aromatic carbocycles. The second kappa shape index (κ2) is 6.07. The van der Waals surface area contributed by atoms with Crippen LogP contribution in [0.25, 0.3) is 0 Å². The number of hydrogen-bond donors (Lipinski definition) is 2. The molecule has 0 aliphatic heterocycles. The number of nitro groups is 1. The van der Waals surface area contributed by atoms with Crippen molar-refractivity contribution >= 4 is 11.4 Å². The number of anilines is 1. The molecule has 88 valence electrons. The van der Waals surface area contributed by atoms with Crippen molar-refractivity contribution in [3.8, 4) is 0 Å². The summed E-state index contributed by atoms with van der Waals surface area (Å²) in [6.07, 6.45) is 1.31. The van der Waals surface area contributed by atoms with Gasteiger partial charge in [-0.3, -0.25) is 10.1 Å². The summed E-state index contributed by atoms with van der Waals surface area (Å²) in [7, 11) is 0. The van der Waals surface area contributed by atoms with Crippen LogP contribution in [0.2, 0.25) is 0 Å². The molecule has 0 unspecified atom stereocenters. The van der Waals surface area contributed by atoms with E-state index in [-0.39, 0.29) is 11.8 Å². The van der Waals surface area contributed by atoms with E-state index in [1.807, 2.05) is 6.92 Å². The minimum absolute atomic E-state index is 0.0691. The van der Waals surface area contributed by atoms with Gasteiger partial charge in [0, 0.05) is 24.4 Å². The monoisotopic (exact) mass is 224 g/mol. The Morgan fingerprint density at radius 1 is 1.44 bits per heavy atom. The first-order chi connectivity index (χ1) is 7.63. The molecule has 0 aliphatic rings. The maximum absolute atomic E-state index is 10.4. The minimum Gasteiger partial charge on any atom is -0.391 e. The fourth-order valence-corrected chi connectivity index (χ4v) is 1.37. The molecule has 0 spiro atoms. The largest absolute Gasteiger partial charge is 0.391 e. The molecule has 0 saturated carbocycles. The fourth-order valence-electron chi connectivity index (χ4n) is 1.37. The molecule has 5 nitrogen and oxygen atoms in total. The average Bonchev–Trinajstić information content (AvgIpc) is 2.27. The van der Waals surface area contributed by atoms with Crippen molar-refractivity contribution in [1.29, 1.82) is 0 Å². The Morgan fingerprint density at radius 3 is 2.56 bits per heavy atom. The third-order valence-corrected chi connectivity index (χ3v) is 2.24. The van der Waals surface area contributed by atoms with Crippen LogP contribution in [-0.4, -0.2) is 22.7 Å². The standard InChI is InChI=1S/C11H16N2O3/c1-2-3-11(14)8-12-9-4-6-10(7-5-9)13(15)16/h4-7,11-12,14H,2-3,8H2,1H3/t11-/m0/s1. The first-order valence-electron chi connectivity index (χ1n) is 5.30. The van der Waals surface area contributed by atoms with Gasteiger partial charge in [-0.25, -0.2) is 0 Å². The Balaban J connectivity index is 2.46. The Bertz CT molecular complexity index is 338. The lowest BCUT2D eigenvalue weighted by Crippen LogP contribution is -2.18. The smallest absolute Gasteiger partial charge is 0.269 e. The molecule has 0 saturated heterocycles. The first kappa shape index (κ1) is 12.4. The predicted molar refractivity (Wildman–Crippen MR) is 62.5 cm³/mol. The van der Waals surface area contributed by atoms with Crippen LogP contribution in [0.15, 0.2) is 24.3 Å². The van der Waals surface area contributed by atoms with E-state index in [9.17, 15) is 15.2 Å². The van der Waals surface area contributed by atoms with Gasteiger partial charge in [-0.15, -0.1) is 0 Å².